The van der Waals surface area contributed by atoms with E-state index in [4.69, 9.17) is 4.98 Å². The van der Waals surface area contributed by atoms with Crippen LogP contribution in [0.1, 0.15) is 59.0 Å². The van der Waals surface area contributed by atoms with Crippen LogP contribution in [0.3, 0.4) is 0 Å². The van der Waals surface area contributed by atoms with Crippen molar-refractivity contribution in [1.82, 2.24) is 44.4 Å². The number of thiazole rings is 2. The van der Waals surface area contributed by atoms with Crippen molar-refractivity contribution >= 4 is 83.6 Å². The monoisotopic (exact) mass is 1140 g/mol. The number of aryl methyl sites for hydroxylation is 2. The minimum Gasteiger partial charge on any atom is -0.354 e. The third-order valence-corrected chi connectivity index (χ3v) is 14.2. The van der Waals surface area contributed by atoms with E-state index in [1.165, 1.54) is 59.3 Å². The van der Waals surface area contributed by atoms with Crippen LogP contribution in [-0.2, 0) is 10.8 Å². The first-order valence-corrected chi connectivity index (χ1v) is 27.8. The van der Waals surface area contributed by atoms with Crippen molar-refractivity contribution in [2.45, 2.75) is 51.7 Å². The van der Waals surface area contributed by atoms with Crippen molar-refractivity contribution in [3.8, 4) is 33.9 Å². The Morgan fingerprint density at radius 2 is 1.07 bits per heavy atom. The molecule has 4 aromatic carbocycles. The molecule has 4 N–H and O–H groups in total. The van der Waals surface area contributed by atoms with E-state index in [2.05, 4.69) is 67.0 Å². The maximum atomic E-state index is 15.0. The Balaban J connectivity index is 0.000000196. The number of amides is 2. The molecular weight excluding hydrogens is 1090 g/mol. The molecule has 80 heavy (non-hydrogen) atoms. The summed E-state index contributed by atoms with van der Waals surface area (Å²) in [5.74, 6) is -4.34. The molecule has 17 nitrogen and oxygen atoms in total. The van der Waals surface area contributed by atoms with Crippen LogP contribution >= 0.6 is 22.7 Å². The minimum atomic E-state index is -1.70. The number of rotatable bonds is 14. The number of hydrogen-bond donors (Lipinski definition) is 4. The molecule has 0 aliphatic carbocycles. The summed E-state index contributed by atoms with van der Waals surface area (Å²) >= 11 is 2.57. The van der Waals surface area contributed by atoms with Gasteiger partial charge in [0.15, 0.2) is 21.6 Å². The molecule has 0 aliphatic heterocycles. The Kier molecular flexibility index (Phi) is 16.6. The molecule has 0 fully saturated rings. The molecule has 24 heteroatoms. The summed E-state index contributed by atoms with van der Waals surface area (Å²) in [4.78, 5) is 78.1. The van der Waals surface area contributed by atoms with Crippen molar-refractivity contribution in [3.05, 3.63) is 186 Å². The van der Waals surface area contributed by atoms with Gasteiger partial charge in [0.05, 0.1) is 22.2 Å². The summed E-state index contributed by atoms with van der Waals surface area (Å²) in [7, 11) is -1.70. The summed E-state index contributed by atoms with van der Waals surface area (Å²) in [5, 5.41) is 17.0. The molecule has 0 radical (unpaired) electrons. The summed E-state index contributed by atoms with van der Waals surface area (Å²) in [5.41, 5.74) is 1.23. The summed E-state index contributed by atoms with van der Waals surface area (Å²) in [6, 6.07) is 22.1. The van der Waals surface area contributed by atoms with Gasteiger partial charge >= 0.3 is 0 Å². The molecule has 0 spiro atoms. The second-order valence-corrected chi connectivity index (χ2v) is 22.0. The Morgan fingerprint density at radius 3 is 1.51 bits per heavy atom. The third-order valence-electron chi connectivity index (χ3n) is 12.2. The van der Waals surface area contributed by atoms with Crippen LogP contribution in [0.4, 0.5) is 33.8 Å². The van der Waals surface area contributed by atoms with Gasteiger partial charge < -0.3 is 10.6 Å². The number of pyridine rings is 2. The zero-order valence-electron chi connectivity index (χ0n) is 43.5. The molecule has 10 aromatic rings. The van der Waals surface area contributed by atoms with E-state index >= 15 is 0 Å². The number of para-hydroxylation sites is 2. The van der Waals surface area contributed by atoms with Crippen molar-refractivity contribution in [2.75, 3.05) is 35.3 Å². The molecule has 10 rings (SSSR count). The van der Waals surface area contributed by atoms with Gasteiger partial charge in [-0.15, -0.1) is 22.7 Å². The average Bonchev–Trinajstić information content (AvgIpc) is 4.18. The number of carbonyl (C=O) groups excluding carboxylic acids is 2. The van der Waals surface area contributed by atoms with Gasteiger partial charge in [-0.25, -0.2) is 42.5 Å². The summed E-state index contributed by atoms with van der Waals surface area (Å²) < 4.78 is 73.7. The quantitative estimate of drug-likeness (QED) is 0.0453. The molecule has 6 aromatic heterocycles. The normalized spacial score (nSPS) is 11.8. The fraction of sp³-hybridized carbons (Fsp3) is 0.179. The van der Waals surface area contributed by atoms with Crippen LogP contribution in [0.2, 0.25) is 0 Å². The molecule has 0 bridgehead atoms. The van der Waals surface area contributed by atoms with Crippen molar-refractivity contribution in [2.24, 2.45) is 0 Å². The van der Waals surface area contributed by atoms with Gasteiger partial charge in [0, 0.05) is 86.7 Å². The lowest BCUT2D eigenvalue weighted by atomic mass is 9.99. The number of benzene rings is 4. The van der Waals surface area contributed by atoms with E-state index in [-0.39, 0.29) is 44.9 Å². The maximum Gasteiger partial charge on any atom is 0.257 e. The maximum absolute atomic E-state index is 15.0. The largest absolute Gasteiger partial charge is 0.354 e. The van der Waals surface area contributed by atoms with Crippen LogP contribution in [0.15, 0.2) is 135 Å². The van der Waals surface area contributed by atoms with Crippen LogP contribution in [0.5, 0.6) is 0 Å². The molecule has 0 saturated carbocycles. The topological polar surface area (TPSA) is 221 Å². The Hall–Kier alpha value is -8.71. The van der Waals surface area contributed by atoms with Crippen LogP contribution in [0.25, 0.3) is 56.0 Å². The SMILES string of the molecule is Cc1ccc(C(=O)Nc2nccs2)cc1-c1nc(NCCCNC(C)(C)C)nc2c1ccc(=O)n2-c1c(F)cccc1F.Cc1ccc(C(=O)Nc2nccs2)cc1-c1nc(S(C)=O)nc2c1ccc(=O)n2-c1c(F)cccc1F. The Labute approximate surface area is 464 Å². The van der Waals surface area contributed by atoms with Crippen molar-refractivity contribution in [3.63, 3.8) is 0 Å². The van der Waals surface area contributed by atoms with Gasteiger partial charge in [-0.1, -0.05) is 24.3 Å². The molecule has 0 saturated heterocycles. The van der Waals surface area contributed by atoms with Crippen LogP contribution in [-0.4, -0.2) is 79.9 Å². The molecule has 2 amide bonds. The Morgan fingerprint density at radius 1 is 0.613 bits per heavy atom. The third kappa shape index (κ3) is 12.3. The number of anilines is 3. The van der Waals surface area contributed by atoms with E-state index < -0.39 is 62.5 Å². The predicted molar refractivity (Wildman–Crippen MR) is 304 cm³/mol. The van der Waals surface area contributed by atoms with E-state index in [0.29, 0.717) is 55.7 Å². The van der Waals surface area contributed by atoms with E-state index in [9.17, 15) is 40.9 Å². The number of aromatic nitrogens is 8. The fourth-order valence-electron chi connectivity index (χ4n) is 8.36. The standard InChI is InChI=1S/C31H31F2N7O2S.C25H17F2N5O3S2/c1-18-9-10-19(28(42)39-30-35-15-16-43-30)17-21(18)25-20-11-12-24(41)40(26-22(32)7-5-8-23(26)33)27(20)38-29(37-25)34-13-6-14-36-31(2,3)4;1-13-6-7-14(23(34)31-24-28-10-11-36-24)12-16(13)20-15-8-9-19(33)32(21-17(26)4-3-5-18(21)27)22(15)30-25(29-20)37(2)35/h5,7-12,15-17,36H,6,13-14H2,1-4H3,(H,34,37,38)(H,35,39,42);3-12H,1-2H3,(H,28,31,34). The molecule has 1 unspecified atom stereocenters. The second kappa shape index (κ2) is 23.7. The molecule has 6 heterocycles. The van der Waals surface area contributed by atoms with Gasteiger partial charge in [-0.05, 0) is 119 Å². The lowest BCUT2D eigenvalue weighted by molar-refractivity contribution is 0.101. The zero-order valence-corrected chi connectivity index (χ0v) is 46.0. The van der Waals surface area contributed by atoms with Crippen molar-refractivity contribution < 1.29 is 31.4 Å². The first-order chi connectivity index (χ1) is 38.3. The molecular formula is C56H48F4N12O5S3. The first-order valence-electron chi connectivity index (χ1n) is 24.5. The van der Waals surface area contributed by atoms with Crippen molar-refractivity contribution in [1.29, 1.82) is 0 Å². The second-order valence-electron chi connectivity index (χ2n) is 18.9. The highest BCUT2D eigenvalue weighted by Crippen LogP contribution is 2.34. The van der Waals surface area contributed by atoms with Gasteiger partial charge in [-0.3, -0.25) is 43.2 Å². The smallest absolute Gasteiger partial charge is 0.257 e. The molecule has 1 atom stereocenters. The number of halogens is 4. The predicted octanol–water partition coefficient (Wildman–Crippen LogP) is 10.4. The average molecular weight is 1140 g/mol. The van der Waals surface area contributed by atoms with E-state index in [1.807, 2.05) is 6.92 Å². The summed E-state index contributed by atoms with van der Waals surface area (Å²) in [6.45, 7) is 11.1. The van der Waals surface area contributed by atoms with Gasteiger partial charge in [-0.2, -0.15) is 4.98 Å². The first kappa shape index (κ1) is 56.0. The van der Waals surface area contributed by atoms with Crippen LogP contribution < -0.4 is 32.4 Å². The van der Waals surface area contributed by atoms with E-state index in [0.717, 1.165) is 58.0 Å². The van der Waals surface area contributed by atoms with E-state index in [1.54, 1.807) is 66.5 Å². The lowest BCUT2D eigenvalue weighted by Gasteiger charge is -2.20. The van der Waals surface area contributed by atoms with Gasteiger partial charge in [0.1, 0.15) is 34.6 Å². The fourth-order valence-corrected chi connectivity index (χ4v) is 9.85. The van der Waals surface area contributed by atoms with Gasteiger partial charge in [0.2, 0.25) is 11.1 Å². The number of fused-ring (bicyclic) bond motifs is 2. The van der Waals surface area contributed by atoms with Crippen LogP contribution in [0, 0.1) is 37.1 Å². The number of hydrogen-bond acceptors (Lipinski definition) is 15. The Bertz CT molecular complexity index is 4110. The highest BCUT2D eigenvalue weighted by atomic mass is 32.2. The number of nitrogens with one attached hydrogen (secondary N) is 4. The number of carbonyl (C=O) groups is 2. The molecule has 0 aliphatic rings. The zero-order chi connectivity index (χ0) is 57.0. The summed E-state index contributed by atoms with van der Waals surface area (Å²) in [6.07, 6.45) is 5.26. The minimum absolute atomic E-state index is 0.0221. The lowest BCUT2D eigenvalue weighted by Crippen LogP contribution is -2.36. The molecule has 408 valence electrons. The number of nitrogens with zero attached hydrogens (tertiary/aromatic N) is 8. The highest BCUT2D eigenvalue weighted by molar-refractivity contribution is 7.84. The van der Waals surface area contributed by atoms with Gasteiger partial charge in [0.25, 0.3) is 22.9 Å². The highest BCUT2D eigenvalue weighted by Gasteiger charge is 2.24.